The van der Waals surface area contributed by atoms with Crippen LogP contribution in [0.3, 0.4) is 0 Å². The Morgan fingerprint density at radius 2 is 1.76 bits per heavy atom. The maximum absolute atomic E-state index is 12.9. The fourth-order valence-electron chi connectivity index (χ4n) is 4.87. The number of carbonyl (C=O) groups is 1. The van der Waals surface area contributed by atoms with Gasteiger partial charge in [-0.2, -0.15) is 0 Å². The Balaban J connectivity index is 1.14. The molecule has 1 aliphatic carbocycles. The van der Waals surface area contributed by atoms with Gasteiger partial charge in [0, 0.05) is 37.3 Å². The van der Waals surface area contributed by atoms with Crippen LogP contribution in [0.5, 0.6) is 0 Å². The Kier molecular flexibility index (Phi) is 6.90. The molecule has 1 aliphatic heterocycles. The number of hydrogen-bond donors (Lipinski definition) is 3. The zero-order valence-electron chi connectivity index (χ0n) is 18.9. The van der Waals surface area contributed by atoms with E-state index in [2.05, 4.69) is 45.9 Å². The summed E-state index contributed by atoms with van der Waals surface area (Å²) >= 11 is 1.60. The van der Waals surface area contributed by atoms with Crippen molar-refractivity contribution in [3.05, 3.63) is 59.7 Å². The van der Waals surface area contributed by atoms with Gasteiger partial charge in [-0.05, 0) is 62.3 Å². The van der Waals surface area contributed by atoms with E-state index in [4.69, 9.17) is 4.98 Å². The highest BCUT2D eigenvalue weighted by molar-refractivity contribution is 7.22. The zero-order valence-corrected chi connectivity index (χ0v) is 19.7. The lowest BCUT2D eigenvalue weighted by Gasteiger charge is -2.32. The molecule has 2 heterocycles. The molecule has 3 N–H and O–H groups in total. The van der Waals surface area contributed by atoms with Gasteiger partial charge in [0.25, 0.3) is 5.91 Å². The number of aliphatic hydroxyl groups is 1. The SMILES string of the molecule is O=C(NC1CCN(Cc2ccccc2)CC1)c1ccc2nc(NC3CCC(O)CC3)sc2c1. The number of thiazole rings is 1. The maximum Gasteiger partial charge on any atom is 0.251 e. The summed E-state index contributed by atoms with van der Waals surface area (Å²) in [6.07, 6.45) is 5.42. The largest absolute Gasteiger partial charge is 0.393 e. The van der Waals surface area contributed by atoms with Crippen LogP contribution in [-0.4, -0.2) is 52.2 Å². The van der Waals surface area contributed by atoms with Crippen LogP contribution in [0.4, 0.5) is 5.13 Å². The van der Waals surface area contributed by atoms with Crippen LogP contribution < -0.4 is 10.6 Å². The number of carbonyl (C=O) groups excluding carboxylic acids is 1. The van der Waals surface area contributed by atoms with Gasteiger partial charge in [-0.25, -0.2) is 4.98 Å². The van der Waals surface area contributed by atoms with E-state index in [-0.39, 0.29) is 18.1 Å². The number of aromatic nitrogens is 1. The average molecular weight is 465 g/mol. The van der Waals surface area contributed by atoms with Gasteiger partial charge in [0.2, 0.25) is 0 Å². The number of nitrogens with zero attached hydrogens (tertiary/aromatic N) is 2. The number of rotatable bonds is 6. The van der Waals surface area contributed by atoms with E-state index >= 15 is 0 Å². The van der Waals surface area contributed by atoms with Gasteiger partial charge in [-0.1, -0.05) is 41.7 Å². The van der Waals surface area contributed by atoms with Crippen LogP contribution in [0.25, 0.3) is 10.2 Å². The predicted octanol–water partition coefficient (Wildman–Crippen LogP) is 4.41. The van der Waals surface area contributed by atoms with Crippen LogP contribution in [0.15, 0.2) is 48.5 Å². The average Bonchev–Trinajstić information content (AvgIpc) is 3.24. The Morgan fingerprint density at radius 1 is 1.00 bits per heavy atom. The molecule has 0 spiro atoms. The lowest BCUT2D eigenvalue weighted by molar-refractivity contribution is 0.0909. The third-order valence-electron chi connectivity index (χ3n) is 6.85. The maximum atomic E-state index is 12.9. The summed E-state index contributed by atoms with van der Waals surface area (Å²) in [5.41, 5.74) is 2.96. The molecule has 0 atom stereocenters. The standard InChI is InChI=1S/C26H32N4O2S/c31-22-9-7-20(8-10-22)28-26-29-23-11-6-19(16-24(23)33-26)25(32)27-21-12-14-30(15-13-21)17-18-4-2-1-3-5-18/h1-6,11,16,20-22,31H,7-10,12-15,17H2,(H,27,32)(H,28,29). The van der Waals surface area contributed by atoms with Gasteiger partial charge >= 0.3 is 0 Å². The number of hydrogen-bond acceptors (Lipinski definition) is 6. The van der Waals surface area contributed by atoms with E-state index in [9.17, 15) is 9.90 Å². The summed E-state index contributed by atoms with van der Waals surface area (Å²) in [5.74, 6) is 0.00240. The highest BCUT2D eigenvalue weighted by Gasteiger charge is 2.22. The summed E-state index contributed by atoms with van der Waals surface area (Å²) in [7, 11) is 0. The van der Waals surface area contributed by atoms with Crippen molar-refractivity contribution >= 4 is 32.6 Å². The molecule has 2 aromatic carbocycles. The monoisotopic (exact) mass is 464 g/mol. The molecule has 5 rings (SSSR count). The minimum Gasteiger partial charge on any atom is -0.393 e. The number of likely N-dealkylation sites (tertiary alicyclic amines) is 1. The van der Waals surface area contributed by atoms with Crippen LogP contribution in [0.1, 0.15) is 54.4 Å². The number of benzene rings is 2. The molecule has 33 heavy (non-hydrogen) atoms. The molecular formula is C26H32N4O2S. The third-order valence-corrected chi connectivity index (χ3v) is 7.80. The molecule has 174 valence electrons. The van der Waals surface area contributed by atoms with Gasteiger partial charge in [0.1, 0.15) is 0 Å². The van der Waals surface area contributed by atoms with E-state index in [1.165, 1.54) is 5.56 Å². The molecule has 3 aromatic rings. The lowest BCUT2D eigenvalue weighted by Crippen LogP contribution is -2.44. The first kappa shape index (κ1) is 22.3. The van der Waals surface area contributed by atoms with Crippen LogP contribution in [-0.2, 0) is 6.54 Å². The molecule has 1 aromatic heterocycles. The van der Waals surface area contributed by atoms with Crippen LogP contribution in [0, 0.1) is 0 Å². The van der Waals surface area contributed by atoms with Crippen molar-refractivity contribution < 1.29 is 9.90 Å². The summed E-state index contributed by atoms with van der Waals surface area (Å²) < 4.78 is 1.03. The van der Waals surface area contributed by atoms with Crippen molar-refractivity contribution in [2.24, 2.45) is 0 Å². The molecule has 0 unspecified atom stereocenters. The molecule has 2 aliphatic rings. The summed E-state index contributed by atoms with van der Waals surface area (Å²) in [6, 6.07) is 16.9. The Bertz CT molecular complexity index is 1070. The number of anilines is 1. The highest BCUT2D eigenvalue weighted by atomic mass is 32.1. The summed E-state index contributed by atoms with van der Waals surface area (Å²) in [4.78, 5) is 20.1. The Hall–Kier alpha value is -2.48. The molecule has 6 nitrogen and oxygen atoms in total. The summed E-state index contributed by atoms with van der Waals surface area (Å²) in [5, 5.41) is 17.4. The lowest BCUT2D eigenvalue weighted by atomic mass is 9.93. The second-order valence-corrected chi connectivity index (χ2v) is 10.4. The van der Waals surface area contributed by atoms with E-state index in [1.807, 2.05) is 18.2 Å². The normalized spacial score (nSPS) is 22.3. The molecule has 1 saturated carbocycles. The Morgan fingerprint density at radius 3 is 2.52 bits per heavy atom. The molecule has 0 bridgehead atoms. The number of piperidine rings is 1. The second-order valence-electron chi connectivity index (χ2n) is 9.36. The van der Waals surface area contributed by atoms with Crippen molar-refractivity contribution in [2.45, 2.75) is 63.3 Å². The fourth-order valence-corrected chi connectivity index (χ4v) is 5.85. The van der Waals surface area contributed by atoms with Gasteiger partial charge < -0.3 is 15.7 Å². The quantitative estimate of drug-likeness (QED) is 0.504. The minimum absolute atomic E-state index is 0.00240. The third kappa shape index (κ3) is 5.72. The van der Waals surface area contributed by atoms with Crippen molar-refractivity contribution in [1.29, 1.82) is 0 Å². The van der Waals surface area contributed by atoms with Gasteiger partial charge in [0.05, 0.1) is 16.3 Å². The number of fused-ring (bicyclic) bond motifs is 1. The molecule has 1 saturated heterocycles. The summed E-state index contributed by atoms with van der Waals surface area (Å²) in [6.45, 7) is 2.98. The van der Waals surface area contributed by atoms with Crippen molar-refractivity contribution in [3.63, 3.8) is 0 Å². The molecule has 7 heteroatoms. The van der Waals surface area contributed by atoms with Crippen LogP contribution >= 0.6 is 11.3 Å². The van der Waals surface area contributed by atoms with E-state index in [0.717, 1.165) is 73.5 Å². The van der Waals surface area contributed by atoms with E-state index < -0.39 is 0 Å². The second kappa shape index (κ2) is 10.2. The number of amides is 1. The van der Waals surface area contributed by atoms with Crippen molar-refractivity contribution in [1.82, 2.24) is 15.2 Å². The first-order valence-electron chi connectivity index (χ1n) is 12.0. The zero-order chi connectivity index (χ0) is 22.6. The van der Waals surface area contributed by atoms with Gasteiger partial charge in [-0.15, -0.1) is 0 Å². The topological polar surface area (TPSA) is 77.5 Å². The number of aliphatic hydroxyl groups excluding tert-OH is 1. The smallest absolute Gasteiger partial charge is 0.251 e. The predicted molar refractivity (Wildman–Crippen MR) is 134 cm³/mol. The minimum atomic E-state index is -0.157. The Labute approximate surface area is 199 Å². The molecule has 0 radical (unpaired) electrons. The van der Waals surface area contributed by atoms with E-state index in [0.29, 0.717) is 11.6 Å². The van der Waals surface area contributed by atoms with E-state index in [1.54, 1.807) is 11.3 Å². The molecule has 2 fully saturated rings. The van der Waals surface area contributed by atoms with Gasteiger partial charge in [0.15, 0.2) is 5.13 Å². The van der Waals surface area contributed by atoms with Crippen molar-refractivity contribution in [3.8, 4) is 0 Å². The van der Waals surface area contributed by atoms with Gasteiger partial charge in [-0.3, -0.25) is 9.69 Å². The fraction of sp³-hybridized carbons (Fsp3) is 0.462. The first-order chi connectivity index (χ1) is 16.1. The highest BCUT2D eigenvalue weighted by Crippen LogP contribution is 2.30. The number of nitrogens with one attached hydrogen (secondary N) is 2. The van der Waals surface area contributed by atoms with Crippen molar-refractivity contribution in [2.75, 3.05) is 18.4 Å². The van der Waals surface area contributed by atoms with Crippen LogP contribution in [0.2, 0.25) is 0 Å². The molecular weight excluding hydrogens is 432 g/mol. The molecule has 1 amide bonds. The first-order valence-corrected chi connectivity index (χ1v) is 12.9.